The SMILES string of the molecule is CCCCCCC(C)NC(=O)CC(NS(=O)[O-])(C(=S)NC)c1ccc(C)cc1. The summed E-state index contributed by atoms with van der Waals surface area (Å²) in [5, 5.41) is 5.83. The summed E-state index contributed by atoms with van der Waals surface area (Å²) in [6.45, 7) is 6.06. The van der Waals surface area contributed by atoms with Crippen LogP contribution in [0.15, 0.2) is 24.3 Å². The van der Waals surface area contributed by atoms with Crippen LogP contribution in [0.1, 0.15) is 63.5 Å². The molecule has 6 nitrogen and oxygen atoms in total. The van der Waals surface area contributed by atoms with E-state index in [-0.39, 0.29) is 23.4 Å². The Labute approximate surface area is 176 Å². The monoisotopic (exact) mass is 426 g/mol. The molecule has 1 aromatic rings. The predicted molar refractivity (Wildman–Crippen MR) is 118 cm³/mol. The third kappa shape index (κ3) is 7.58. The molecule has 0 saturated carbocycles. The van der Waals surface area contributed by atoms with Crippen LogP contribution in [0.4, 0.5) is 0 Å². The highest BCUT2D eigenvalue weighted by Gasteiger charge is 2.39. The van der Waals surface area contributed by atoms with Crippen molar-refractivity contribution in [3.63, 3.8) is 0 Å². The molecule has 158 valence electrons. The van der Waals surface area contributed by atoms with Crippen molar-refractivity contribution in [3.05, 3.63) is 35.4 Å². The van der Waals surface area contributed by atoms with E-state index in [1.54, 1.807) is 19.2 Å². The number of benzene rings is 1. The van der Waals surface area contributed by atoms with Crippen LogP contribution in [0.3, 0.4) is 0 Å². The number of rotatable bonds is 12. The number of nitrogens with one attached hydrogen (secondary N) is 3. The predicted octanol–water partition coefficient (Wildman–Crippen LogP) is 2.99. The van der Waals surface area contributed by atoms with Crippen molar-refractivity contribution in [2.24, 2.45) is 0 Å². The smallest absolute Gasteiger partial charge is 0.222 e. The number of likely N-dealkylation sites (N-methyl/N-ethyl adjacent to an activating group) is 1. The van der Waals surface area contributed by atoms with Crippen LogP contribution in [0, 0.1) is 6.92 Å². The second kappa shape index (κ2) is 12.3. The van der Waals surface area contributed by atoms with E-state index in [9.17, 15) is 13.6 Å². The molecule has 28 heavy (non-hydrogen) atoms. The Morgan fingerprint density at radius 3 is 2.43 bits per heavy atom. The maximum atomic E-state index is 12.8. The van der Waals surface area contributed by atoms with Crippen molar-refractivity contribution in [2.45, 2.75) is 70.9 Å². The Kier molecular flexibility index (Phi) is 10.8. The van der Waals surface area contributed by atoms with Gasteiger partial charge in [0.2, 0.25) is 5.91 Å². The van der Waals surface area contributed by atoms with Gasteiger partial charge in [0, 0.05) is 24.4 Å². The average Bonchev–Trinajstić information content (AvgIpc) is 2.64. The quantitative estimate of drug-likeness (QED) is 0.271. The molecule has 1 amide bonds. The number of amides is 1. The van der Waals surface area contributed by atoms with E-state index in [0.29, 0.717) is 5.56 Å². The van der Waals surface area contributed by atoms with Crippen molar-refractivity contribution < 1.29 is 13.6 Å². The summed E-state index contributed by atoms with van der Waals surface area (Å²) >= 11 is 2.82. The van der Waals surface area contributed by atoms with Gasteiger partial charge in [-0.3, -0.25) is 9.00 Å². The van der Waals surface area contributed by atoms with Gasteiger partial charge in [0.25, 0.3) is 0 Å². The minimum Gasteiger partial charge on any atom is -0.760 e. The van der Waals surface area contributed by atoms with E-state index < -0.39 is 16.8 Å². The molecule has 0 spiro atoms. The lowest BCUT2D eigenvalue weighted by Gasteiger charge is -2.36. The van der Waals surface area contributed by atoms with Crippen LogP contribution < -0.4 is 15.4 Å². The summed E-state index contributed by atoms with van der Waals surface area (Å²) in [6.07, 6.45) is 5.32. The van der Waals surface area contributed by atoms with Gasteiger partial charge in [-0.25, -0.2) is 4.72 Å². The first-order chi connectivity index (χ1) is 13.2. The number of unbranched alkanes of at least 4 members (excludes halogenated alkanes) is 3. The average molecular weight is 427 g/mol. The van der Waals surface area contributed by atoms with Gasteiger partial charge in [-0.15, -0.1) is 0 Å². The molecule has 0 aliphatic heterocycles. The number of thiocarbonyl (C=S) groups is 1. The van der Waals surface area contributed by atoms with Gasteiger partial charge < -0.3 is 15.2 Å². The Hall–Kier alpha value is -1.35. The minimum absolute atomic E-state index is 0.0148. The zero-order valence-electron chi connectivity index (χ0n) is 17.2. The highest BCUT2D eigenvalue weighted by Crippen LogP contribution is 2.28. The molecule has 0 aromatic heterocycles. The molecule has 3 N–H and O–H groups in total. The fourth-order valence-electron chi connectivity index (χ4n) is 3.16. The molecule has 0 aliphatic carbocycles. The molecule has 3 atom stereocenters. The van der Waals surface area contributed by atoms with Gasteiger partial charge in [0.05, 0.1) is 6.42 Å². The molecular formula is C20H32N3O3S2-. The van der Waals surface area contributed by atoms with Crippen molar-refractivity contribution >= 4 is 34.4 Å². The van der Waals surface area contributed by atoms with Gasteiger partial charge in [0.1, 0.15) is 10.5 Å². The molecule has 0 aliphatic rings. The summed E-state index contributed by atoms with van der Waals surface area (Å²) in [5.74, 6) is -0.251. The zero-order chi connectivity index (χ0) is 21.2. The normalized spacial score (nSPS) is 15.3. The molecule has 0 saturated heterocycles. The van der Waals surface area contributed by atoms with E-state index in [1.165, 1.54) is 12.8 Å². The van der Waals surface area contributed by atoms with Crippen LogP contribution >= 0.6 is 12.2 Å². The molecule has 0 radical (unpaired) electrons. The summed E-state index contributed by atoms with van der Waals surface area (Å²) in [6, 6.07) is 7.33. The maximum Gasteiger partial charge on any atom is 0.222 e. The number of aryl methyl sites for hydroxylation is 1. The molecule has 0 fully saturated rings. The van der Waals surface area contributed by atoms with Gasteiger partial charge in [-0.1, -0.05) is 74.7 Å². The van der Waals surface area contributed by atoms with Crippen molar-refractivity contribution in [2.75, 3.05) is 7.05 Å². The van der Waals surface area contributed by atoms with E-state index in [4.69, 9.17) is 12.2 Å². The van der Waals surface area contributed by atoms with Crippen molar-refractivity contribution in [1.82, 2.24) is 15.4 Å². The van der Waals surface area contributed by atoms with Gasteiger partial charge in [-0.2, -0.15) is 0 Å². The Morgan fingerprint density at radius 1 is 1.25 bits per heavy atom. The maximum absolute atomic E-state index is 12.8. The van der Waals surface area contributed by atoms with E-state index in [0.717, 1.165) is 24.8 Å². The van der Waals surface area contributed by atoms with E-state index in [1.807, 2.05) is 26.0 Å². The second-order valence-corrected chi connectivity index (χ2v) is 8.26. The van der Waals surface area contributed by atoms with Crippen LogP contribution in [0.25, 0.3) is 0 Å². The van der Waals surface area contributed by atoms with Gasteiger partial charge >= 0.3 is 0 Å². The summed E-state index contributed by atoms with van der Waals surface area (Å²) in [7, 11) is 1.62. The third-order valence-electron chi connectivity index (χ3n) is 4.74. The summed E-state index contributed by atoms with van der Waals surface area (Å²) < 4.78 is 25.6. The second-order valence-electron chi connectivity index (χ2n) is 7.18. The Morgan fingerprint density at radius 2 is 1.89 bits per heavy atom. The molecule has 1 rings (SSSR count). The minimum atomic E-state index is -2.61. The highest BCUT2D eigenvalue weighted by molar-refractivity contribution is 7.80. The standard InChI is InChI=1S/C20H33N3O3S2/c1-5-6-7-8-9-16(3)22-18(24)14-20(19(27)21-4,23-28(25)26)17-12-10-15(2)11-13-17/h10-13,16,23H,5-9,14H2,1-4H3,(H,21,27)(H,22,24)(H,25,26)/p-1. The molecule has 0 bridgehead atoms. The van der Waals surface area contributed by atoms with Crippen LogP contribution in [-0.2, 0) is 21.6 Å². The number of hydrogen-bond donors (Lipinski definition) is 3. The lowest BCUT2D eigenvalue weighted by atomic mass is 9.86. The molecule has 1 aromatic carbocycles. The lowest BCUT2D eigenvalue weighted by molar-refractivity contribution is -0.122. The summed E-state index contributed by atoms with van der Waals surface area (Å²) in [5.41, 5.74) is 0.310. The first-order valence-corrected chi connectivity index (χ1v) is 11.2. The lowest BCUT2D eigenvalue weighted by Crippen LogP contribution is -2.56. The third-order valence-corrected chi connectivity index (χ3v) is 5.81. The summed E-state index contributed by atoms with van der Waals surface area (Å²) in [4.78, 5) is 13.0. The largest absolute Gasteiger partial charge is 0.760 e. The number of carbonyl (C=O) groups excluding carboxylic acids is 1. The van der Waals surface area contributed by atoms with Crippen molar-refractivity contribution in [1.29, 1.82) is 0 Å². The van der Waals surface area contributed by atoms with Crippen LogP contribution in [0.5, 0.6) is 0 Å². The zero-order valence-corrected chi connectivity index (χ0v) is 18.8. The van der Waals surface area contributed by atoms with Gasteiger partial charge in [-0.05, 0) is 25.8 Å². The van der Waals surface area contributed by atoms with Crippen LogP contribution in [0.2, 0.25) is 0 Å². The first-order valence-electron chi connectivity index (χ1n) is 9.71. The highest BCUT2D eigenvalue weighted by atomic mass is 32.2. The van der Waals surface area contributed by atoms with E-state index >= 15 is 0 Å². The van der Waals surface area contributed by atoms with Gasteiger partial charge in [0.15, 0.2) is 0 Å². The molecule has 8 heteroatoms. The number of carbonyl (C=O) groups is 1. The van der Waals surface area contributed by atoms with Crippen LogP contribution in [-0.4, -0.2) is 32.7 Å². The molecule has 3 unspecified atom stereocenters. The Bertz CT molecular complexity index is 667. The van der Waals surface area contributed by atoms with Crippen molar-refractivity contribution in [3.8, 4) is 0 Å². The molecule has 0 heterocycles. The topological polar surface area (TPSA) is 93.3 Å². The number of hydrogen-bond acceptors (Lipinski definition) is 4. The fourth-order valence-corrected chi connectivity index (χ4v) is 4.05. The first kappa shape index (κ1) is 24.7. The molecular weight excluding hydrogens is 394 g/mol. The van der Waals surface area contributed by atoms with E-state index in [2.05, 4.69) is 22.3 Å². The Balaban J connectivity index is 3.01. The fraction of sp³-hybridized carbons (Fsp3) is 0.600.